The molecule has 1 atom stereocenters. The van der Waals surface area contributed by atoms with Gasteiger partial charge in [-0.05, 0) is 38.0 Å². The van der Waals surface area contributed by atoms with E-state index in [1.54, 1.807) is 19.9 Å². The van der Waals surface area contributed by atoms with Gasteiger partial charge in [0.1, 0.15) is 17.5 Å². The highest BCUT2D eigenvalue weighted by atomic mass is 19.1. The van der Waals surface area contributed by atoms with Crippen LogP contribution < -0.4 is 10.4 Å². The molecule has 1 unspecified atom stereocenters. The van der Waals surface area contributed by atoms with Crippen LogP contribution in [0.1, 0.15) is 31.4 Å². The summed E-state index contributed by atoms with van der Waals surface area (Å²) in [4.78, 5) is 25.5. The standard InChI is InChI=1S/C19H22FNO4/c1-4-5-13-8-17(22)25-18-11(2)16(7-6-15(13)18)24-12(3)19(23)21-9-14(20)10-21/h6-8,12,14H,4-5,9-10H2,1-3H3. The topological polar surface area (TPSA) is 59.8 Å². The summed E-state index contributed by atoms with van der Waals surface area (Å²) in [5.74, 6) is 0.247. The van der Waals surface area contributed by atoms with Gasteiger partial charge >= 0.3 is 5.63 Å². The zero-order valence-electron chi connectivity index (χ0n) is 14.7. The van der Waals surface area contributed by atoms with E-state index in [2.05, 4.69) is 6.92 Å². The van der Waals surface area contributed by atoms with Gasteiger partial charge in [-0.2, -0.15) is 0 Å². The Bertz CT molecular complexity index is 854. The van der Waals surface area contributed by atoms with E-state index in [0.717, 1.165) is 23.8 Å². The first-order chi connectivity index (χ1) is 11.9. The van der Waals surface area contributed by atoms with Crippen molar-refractivity contribution in [1.29, 1.82) is 0 Å². The van der Waals surface area contributed by atoms with Gasteiger partial charge in [0, 0.05) is 17.0 Å². The van der Waals surface area contributed by atoms with Crippen LogP contribution in [0.3, 0.4) is 0 Å². The van der Waals surface area contributed by atoms with Crippen molar-refractivity contribution >= 4 is 16.9 Å². The molecule has 1 saturated heterocycles. The molecule has 3 rings (SSSR count). The van der Waals surface area contributed by atoms with Crippen LogP contribution in [-0.2, 0) is 11.2 Å². The van der Waals surface area contributed by atoms with Crippen LogP contribution in [0, 0.1) is 6.92 Å². The molecule has 0 bridgehead atoms. The maximum atomic E-state index is 12.9. The van der Waals surface area contributed by atoms with Gasteiger partial charge in [-0.15, -0.1) is 0 Å². The van der Waals surface area contributed by atoms with Crippen LogP contribution in [0.5, 0.6) is 5.75 Å². The van der Waals surface area contributed by atoms with Crippen molar-refractivity contribution < 1.29 is 18.3 Å². The first kappa shape index (κ1) is 17.5. The second kappa shape index (κ2) is 6.86. The number of fused-ring (bicyclic) bond motifs is 1. The van der Waals surface area contributed by atoms with Crippen LogP contribution in [-0.4, -0.2) is 36.2 Å². The average Bonchev–Trinajstić information content (AvgIpc) is 2.54. The normalized spacial score (nSPS) is 15.9. The largest absolute Gasteiger partial charge is 0.480 e. The van der Waals surface area contributed by atoms with Crippen molar-refractivity contribution in [3.63, 3.8) is 0 Å². The van der Waals surface area contributed by atoms with Crippen molar-refractivity contribution in [3.05, 3.63) is 39.7 Å². The van der Waals surface area contributed by atoms with Crippen molar-refractivity contribution in [2.75, 3.05) is 13.1 Å². The number of aryl methyl sites for hydroxylation is 2. The van der Waals surface area contributed by atoms with Crippen LogP contribution in [0.4, 0.5) is 4.39 Å². The molecule has 0 spiro atoms. The third kappa shape index (κ3) is 3.38. The number of rotatable bonds is 5. The highest BCUT2D eigenvalue weighted by Crippen LogP contribution is 2.30. The number of halogens is 1. The maximum Gasteiger partial charge on any atom is 0.336 e. The van der Waals surface area contributed by atoms with Crippen LogP contribution in [0.15, 0.2) is 27.4 Å². The molecule has 0 radical (unpaired) electrons. The number of carbonyl (C=O) groups is 1. The number of amides is 1. The van der Waals surface area contributed by atoms with Crippen LogP contribution >= 0.6 is 0 Å². The predicted octanol–water partition coefficient (Wildman–Crippen LogP) is 3.00. The Labute approximate surface area is 145 Å². The zero-order valence-corrected chi connectivity index (χ0v) is 14.7. The van der Waals surface area contributed by atoms with E-state index < -0.39 is 17.9 Å². The Hall–Kier alpha value is -2.37. The lowest BCUT2D eigenvalue weighted by molar-refractivity contribution is -0.145. The molecule has 5 nitrogen and oxygen atoms in total. The Morgan fingerprint density at radius 3 is 2.80 bits per heavy atom. The van der Waals surface area contributed by atoms with E-state index in [1.165, 1.54) is 11.0 Å². The second-order valence-corrected chi connectivity index (χ2v) is 6.51. The Balaban J connectivity index is 1.88. The van der Waals surface area contributed by atoms with Crippen molar-refractivity contribution in [2.24, 2.45) is 0 Å². The van der Waals surface area contributed by atoms with E-state index >= 15 is 0 Å². The highest BCUT2D eigenvalue weighted by molar-refractivity contribution is 5.85. The molecule has 1 aromatic heterocycles. The molecule has 1 aromatic carbocycles. The van der Waals surface area contributed by atoms with E-state index in [0.29, 0.717) is 16.9 Å². The number of hydrogen-bond donors (Lipinski definition) is 0. The Kier molecular flexibility index (Phi) is 4.79. The molecule has 0 N–H and O–H groups in total. The van der Waals surface area contributed by atoms with E-state index in [1.807, 2.05) is 6.07 Å². The summed E-state index contributed by atoms with van der Waals surface area (Å²) < 4.78 is 24.1. The lowest BCUT2D eigenvalue weighted by Gasteiger charge is -2.36. The molecule has 25 heavy (non-hydrogen) atoms. The van der Waals surface area contributed by atoms with Gasteiger partial charge in [0.05, 0.1) is 13.1 Å². The molecule has 6 heteroatoms. The fourth-order valence-corrected chi connectivity index (χ4v) is 3.11. The number of nitrogens with zero attached hydrogens (tertiary/aromatic N) is 1. The molecule has 2 heterocycles. The quantitative estimate of drug-likeness (QED) is 0.780. The molecule has 0 saturated carbocycles. The van der Waals surface area contributed by atoms with Crippen molar-refractivity contribution in [3.8, 4) is 5.75 Å². The third-order valence-electron chi connectivity index (χ3n) is 4.52. The van der Waals surface area contributed by atoms with Crippen molar-refractivity contribution in [2.45, 2.75) is 45.9 Å². The molecule has 1 aliphatic rings. The van der Waals surface area contributed by atoms with E-state index in [9.17, 15) is 14.0 Å². The van der Waals surface area contributed by atoms with Gasteiger partial charge in [0.25, 0.3) is 5.91 Å². The number of benzene rings is 1. The van der Waals surface area contributed by atoms with Gasteiger partial charge in [0.15, 0.2) is 6.10 Å². The zero-order chi connectivity index (χ0) is 18.1. The molecular formula is C19H22FNO4. The minimum atomic E-state index is -0.940. The second-order valence-electron chi connectivity index (χ2n) is 6.51. The molecule has 1 fully saturated rings. The smallest absolute Gasteiger partial charge is 0.336 e. The van der Waals surface area contributed by atoms with Gasteiger partial charge < -0.3 is 14.1 Å². The number of carbonyl (C=O) groups excluding carboxylic acids is 1. The first-order valence-corrected chi connectivity index (χ1v) is 8.56. The Morgan fingerprint density at radius 1 is 1.44 bits per heavy atom. The van der Waals surface area contributed by atoms with Crippen LogP contribution in [0.25, 0.3) is 11.0 Å². The summed E-state index contributed by atoms with van der Waals surface area (Å²) >= 11 is 0. The fourth-order valence-electron chi connectivity index (χ4n) is 3.11. The fraction of sp³-hybridized carbons (Fsp3) is 0.474. The van der Waals surface area contributed by atoms with Gasteiger partial charge in [-0.1, -0.05) is 13.3 Å². The van der Waals surface area contributed by atoms with Gasteiger partial charge in [-0.3, -0.25) is 4.79 Å². The summed E-state index contributed by atoms with van der Waals surface area (Å²) in [6.07, 6.45) is 0.0435. The molecule has 0 aliphatic carbocycles. The van der Waals surface area contributed by atoms with E-state index in [4.69, 9.17) is 9.15 Å². The predicted molar refractivity (Wildman–Crippen MR) is 92.8 cm³/mol. The number of hydrogen-bond acceptors (Lipinski definition) is 4. The summed E-state index contributed by atoms with van der Waals surface area (Å²) in [5.41, 5.74) is 1.72. The lowest BCUT2D eigenvalue weighted by atomic mass is 10.0. The Morgan fingerprint density at radius 2 is 2.16 bits per heavy atom. The summed E-state index contributed by atoms with van der Waals surface area (Å²) in [5, 5.41) is 0.883. The van der Waals surface area contributed by atoms with Crippen molar-refractivity contribution in [1.82, 2.24) is 4.90 Å². The summed E-state index contributed by atoms with van der Waals surface area (Å²) in [7, 11) is 0. The number of ether oxygens (including phenoxy) is 1. The molecule has 134 valence electrons. The molecule has 1 aliphatic heterocycles. The monoisotopic (exact) mass is 347 g/mol. The highest BCUT2D eigenvalue weighted by Gasteiger charge is 2.33. The summed E-state index contributed by atoms with van der Waals surface area (Å²) in [6, 6.07) is 5.16. The minimum absolute atomic E-state index is 0.124. The summed E-state index contributed by atoms with van der Waals surface area (Å²) in [6.45, 7) is 5.74. The first-order valence-electron chi connectivity index (χ1n) is 8.56. The third-order valence-corrected chi connectivity index (χ3v) is 4.52. The average molecular weight is 347 g/mol. The van der Waals surface area contributed by atoms with Gasteiger partial charge in [0.2, 0.25) is 0 Å². The lowest BCUT2D eigenvalue weighted by Crippen LogP contribution is -2.55. The van der Waals surface area contributed by atoms with Crippen LogP contribution in [0.2, 0.25) is 0 Å². The van der Waals surface area contributed by atoms with E-state index in [-0.39, 0.29) is 19.0 Å². The number of likely N-dealkylation sites (tertiary alicyclic amines) is 1. The molecule has 2 aromatic rings. The molecular weight excluding hydrogens is 325 g/mol. The minimum Gasteiger partial charge on any atom is -0.480 e. The maximum absolute atomic E-state index is 12.9. The number of alkyl halides is 1. The molecule has 1 amide bonds. The SMILES string of the molecule is CCCc1cc(=O)oc2c(C)c(OC(C)C(=O)N3CC(F)C3)ccc12. The van der Waals surface area contributed by atoms with Gasteiger partial charge in [-0.25, -0.2) is 9.18 Å².